The van der Waals surface area contributed by atoms with Gasteiger partial charge in [0.05, 0.1) is 11.4 Å². The van der Waals surface area contributed by atoms with E-state index in [4.69, 9.17) is 0 Å². The van der Waals surface area contributed by atoms with Crippen LogP contribution < -0.4 is 10.0 Å². The van der Waals surface area contributed by atoms with Crippen LogP contribution in [0.1, 0.15) is 23.6 Å². The highest BCUT2D eigenvalue weighted by Gasteiger charge is 2.15. The van der Waals surface area contributed by atoms with Gasteiger partial charge in [-0.3, -0.25) is 4.79 Å². The highest BCUT2D eigenvalue weighted by molar-refractivity contribution is 7.89. The number of sulfonamides is 1. The van der Waals surface area contributed by atoms with Crippen LogP contribution in [-0.2, 0) is 14.8 Å². The second-order valence-electron chi connectivity index (χ2n) is 5.65. The van der Waals surface area contributed by atoms with Crippen molar-refractivity contribution in [3.05, 3.63) is 59.2 Å². The molecule has 25 heavy (non-hydrogen) atoms. The van der Waals surface area contributed by atoms with Gasteiger partial charge in [0.1, 0.15) is 0 Å². The molecule has 0 aliphatic heterocycles. The summed E-state index contributed by atoms with van der Waals surface area (Å²) in [7, 11) is -3.59. The Hall–Kier alpha value is -2.62. The molecular formula is C19H20N2O3S. The van der Waals surface area contributed by atoms with E-state index in [1.807, 2.05) is 13.0 Å². The molecule has 1 amide bonds. The van der Waals surface area contributed by atoms with Crippen molar-refractivity contribution in [3.63, 3.8) is 0 Å². The molecule has 0 aromatic heterocycles. The molecule has 0 fully saturated rings. The molecule has 0 aliphatic rings. The summed E-state index contributed by atoms with van der Waals surface area (Å²) in [6, 6.07) is 12.3. The molecule has 2 aromatic rings. The third-order valence-corrected chi connectivity index (χ3v) is 4.96. The van der Waals surface area contributed by atoms with Gasteiger partial charge >= 0.3 is 0 Å². The zero-order valence-corrected chi connectivity index (χ0v) is 15.2. The number of hydrogen-bond acceptors (Lipinski definition) is 3. The molecule has 0 radical (unpaired) electrons. The Morgan fingerprint density at radius 1 is 1.08 bits per heavy atom. The lowest BCUT2D eigenvalue weighted by molar-refractivity contribution is -0.114. The lowest BCUT2D eigenvalue weighted by atomic mass is 10.2. The van der Waals surface area contributed by atoms with Crippen molar-refractivity contribution in [1.82, 2.24) is 4.72 Å². The summed E-state index contributed by atoms with van der Waals surface area (Å²) in [5, 5.41) is 2.67. The van der Waals surface area contributed by atoms with E-state index in [0.29, 0.717) is 11.3 Å². The Morgan fingerprint density at radius 2 is 1.76 bits per heavy atom. The third-order valence-electron chi connectivity index (χ3n) is 3.42. The van der Waals surface area contributed by atoms with Gasteiger partial charge in [-0.25, -0.2) is 8.42 Å². The number of amides is 1. The molecule has 0 saturated heterocycles. The van der Waals surface area contributed by atoms with Gasteiger partial charge in [-0.05, 0) is 55.3 Å². The van der Waals surface area contributed by atoms with Crippen molar-refractivity contribution in [3.8, 4) is 11.8 Å². The largest absolute Gasteiger partial charge is 0.326 e. The van der Waals surface area contributed by atoms with Crippen molar-refractivity contribution in [2.24, 2.45) is 0 Å². The number of carbonyl (C=O) groups is 1. The van der Waals surface area contributed by atoms with E-state index in [0.717, 1.165) is 11.1 Å². The topological polar surface area (TPSA) is 75.3 Å². The zero-order valence-electron chi connectivity index (χ0n) is 14.4. The zero-order chi connectivity index (χ0) is 18.4. The first kappa shape index (κ1) is 18.7. The first-order valence-electron chi connectivity index (χ1n) is 7.71. The molecule has 0 atom stereocenters. The van der Waals surface area contributed by atoms with Gasteiger partial charge in [-0.2, -0.15) is 4.72 Å². The lowest BCUT2D eigenvalue weighted by Gasteiger charge is -2.08. The molecule has 0 aliphatic carbocycles. The van der Waals surface area contributed by atoms with Crippen LogP contribution in [0.2, 0.25) is 0 Å². The van der Waals surface area contributed by atoms with Gasteiger partial charge in [0.15, 0.2) is 0 Å². The third kappa shape index (κ3) is 5.45. The van der Waals surface area contributed by atoms with Crippen LogP contribution in [0.3, 0.4) is 0 Å². The molecule has 2 N–H and O–H groups in total. The van der Waals surface area contributed by atoms with Crippen molar-refractivity contribution >= 4 is 21.6 Å². The van der Waals surface area contributed by atoms with Crippen molar-refractivity contribution < 1.29 is 13.2 Å². The molecule has 130 valence electrons. The second-order valence-corrected chi connectivity index (χ2v) is 7.39. The Kier molecular flexibility index (Phi) is 5.97. The van der Waals surface area contributed by atoms with Gasteiger partial charge in [0.25, 0.3) is 0 Å². The van der Waals surface area contributed by atoms with E-state index in [1.165, 1.54) is 6.92 Å². The summed E-state index contributed by atoms with van der Waals surface area (Å²) in [6.07, 6.45) is 0. The van der Waals surface area contributed by atoms with Gasteiger partial charge in [-0.15, -0.1) is 0 Å². The summed E-state index contributed by atoms with van der Waals surface area (Å²) in [4.78, 5) is 11.2. The molecule has 0 heterocycles. The summed E-state index contributed by atoms with van der Waals surface area (Å²) >= 11 is 0. The van der Waals surface area contributed by atoms with E-state index >= 15 is 0 Å². The van der Waals surface area contributed by atoms with E-state index in [-0.39, 0.29) is 17.3 Å². The monoisotopic (exact) mass is 356 g/mol. The van der Waals surface area contributed by atoms with E-state index in [1.54, 1.807) is 43.3 Å². The number of carbonyl (C=O) groups excluding carboxylic acids is 1. The molecule has 2 aromatic carbocycles. The molecule has 2 rings (SSSR count). The molecule has 0 unspecified atom stereocenters. The predicted molar refractivity (Wildman–Crippen MR) is 98.7 cm³/mol. The first-order valence-corrected chi connectivity index (χ1v) is 9.20. The number of nitrogens with one attached hydrogen (secondary N) is 2. The van der Waals surface area contributed by atoms with Crippen molar-refractivity contribution in [1.29, 1.82) is 0 Å². The Balaban J connectivity index is 2.02. The maximum absolute atomic E-state index is 12.3. The maximum Gasteiger partial charge on any atom is 0.241 e. The molecule has 0 bridgehead atoms. The highest BCUT2D eigenvalue weighted by atomic mass is 32.2. The van der Waals surface area contributed by atoms with Gasteiger partial charge in [-0.1, -0.05) is 24.0 Å². The van der Waals surface area contributed by atoms with Crippen LogP contribution in [0.4, 0.5) is 5.69 Å². The molecule has 6 heteroatoms. The fourth-order valence-electron chi connectivity index (χ4n) is 2.19. The minimum Gasteiger partial charge on any atom is -0.326 e. The van der Waals surface area contributed by atoms with Gasteiger partial charge in [0.2, 0.25) is 15.9 Å². The number of rotatable bonds is 4. The fourth-order valence-corrected chi connectivity index (χ4v) is 3.44. The predicted octanol–water partition coefficient (Wildman–Crippen LogP) is 2.59. The van der Waals surface area contributed by atoms with Crippen molar-refractivity contribution in [2.75, 3.05) is 11.9 Å². The molecular weight excluding hydrogens is 336 g/mol. The van der Waals surface area contributed by atoms with E-state index < -0.39 is 10.0 Å². The number of benzene rings is 2. The summed E-state index contributed by atoms with van der Waals surface area (Å²) in [5.74, 6) is 5.54. The van der Waals surface area contributed by atoms with E-state index in [2.05, 4.69) is 21.9 Å². The SMILES string of the molecule is CC(=O)Nc1ccc(C#CCNS(=O)(=O)c2cc(C)ccc2C)cc1. The molecule has 5 nitrogen and oxygen atoms in total. The van der Waals surface area contributed by atoms with Crippen LogP contribution in [-0.4, -0.2) is 20.9 Å². The smallest absolute Gasteiger partial charge is 0.241 e. The van der Waals surface area contributed by atoms with Crippen LogP contribution in [0.25, 0.3) is 0 Å². The average Bonchev–Trinajstić information content (AvgIpc) is 2.55. The Bertz CT molecular complexity index is 937. The van der Waals surface area contributed by atoms with Crippen LogP contribution >= 0.6 is 0 Å². The lowest BCUT2D eigenvalue weighted by Crippen LogP contribution is -2.24. The number of anilines is 1. The standard InChI is InChI=1S/C19H20N2O3S/c1-14-6-7-15(2)19(13-14)25(23,24)20-12-4-5-17-8-10-18(11-9-17)21-16(3)22/h6-11,13,20H,12H2,1-3H3,(H,21,22). The minimum absolute atomic E-state index is 0.0170. The van der Waals surface area contributed by atoms with Crippen LogP contribution in [0.15, 0.2) is 47.4 Å². The van der Waals surface area contributed by atoms with Crippen molar-refractivity contribution in [2.45, 2.75) is 25.7 Å². The maximum atomic E-state index is 12.3. The quantitative estimate of drug-likeness (QED) is 0.827. The normalized spacial score (nSPS) is 10.7. The number of hydrogen-bond donors (Lipinski definition) is 2. The molecule has 0 spiro atoms. The molecule has 0 saturated carbocycles. The Labute approximate surface area is 148 Å². The minimum atomic E-state index is -3.59. The van der Waals surface area contributed by atoms with Crippen LogP contribution in [0.5, 0.6) is 0 Å². The van der Waals surface area contributed by atoms with E-state index in [9.17, 15) is 13.2 Å². The van der Waals surface area contributed by atoms with Gasteiger partial charge < -0.3 is 5.32 Å². The summed E-state index contributed by atoms with van der Waals surface area (Å²) in [6.45, 7) is 5.07. The fraction of sp³-hybridized carbons (Fsp3) is 0.211. The Morgan fingerprint density at radius 3 is 2.40 bits per heavy atom. The highest BCUT2D eigenvalue weighted by Crippen LogP contribution is 2.16. The first-order chi connectivity index (χ1) is 11.8. The average molecular weight is 356 g/mol. The summed E-state index contributed by atoms with van der Waals surface area (Å²) in [5.41, 5.74) is 3.00. The number of aryl methyl sites for hydroxylation is 2. The summed E-state index contributed by atoms with van der Waals surface area (Å²) < 4.78 is 27.2. The van der Waals surface area contributed by atoms with Gasteiger partial charge in [0, 0.05) is 18.2 Å². The van der Waals surface area contributed by atoms with Crippen LogP contribution in [0, 0.1) is 25.7 Å². The second kappa shape index (κ2) is 7.97.